The number of nitrogens with zero attached hydrogens (tertiary/aromatic N) is 1. The highest BCUT2D eigenvalue weighted by molar-refractivity contribution is 5.76. The van der Waals surface area contributed by atoms with Crippen molar-refractivity contribution in [1.29, 1.82) is 0 Å². The fraction of sp³-hybridized carbons (Fsp3) is 0.667. The van der Waals surface area contributed by atoms with E-state index in [1.54, 1.807) is 0 Å². The molecule has 1 aromatic heterocycles. The maximum Gasteiger partial charge on any atom is 0.312 e. The molecule has 2 N–H and O–H groups in total. The third-order valence-corrected chi connectivity index (χ3v) is 3.46. The van der Waals surface area contributed by atoms with E-state index < -0.39 is 11.9 Å². The van der Waals surface area contributed by atoms with Gasteiger partial charge < -0.3 is 10.1 Å². The molecule has 0 saturated carbocycles. The quantitative estimate of drug-likeness (QED) is 0.825. The molecule has 2 unspecified atom stereocenters. The predicted octanol–water partition coefficient (Wildman–Crippen LogP) is 2.43. The van der Waals surface area contributed by atoms with Crippen LogP contribution in [0.2, 0.25) is 0 Å². The summed E-state index contributed by atoms with van der Waals surface area (Å²) in [6.07, 6.45) is 3.60. The van der Waals surface area contributed by atoms with E-state index in [1.165, 1.54) is 0 Å². The number of hydrogen-bond donors (Lipinski definition) is 2. The topological polar surface area (TPSA) is 66.0 Å². The molecule has 2 atom stereocenters. The van der Waals surface area contributed by atoms with Crippen molar-refractivity contribution >= 4 is 5.97 Å². The van der Waals surface area contributed by atoms with Crippen molar-refractivity contribution < 1.29 is 9.90 Å². The van der Waals surface area contributed by atoms with Crippen LogP contribution in [0.1, 0.15) is 62.2 Å². The van der Waals surface area contributed by atoms with Gasteiger partial charge in [0.25, 0.3) is 0 Å². The minimum Gasteiger partial charge on any atom is -0.481 e. The number of aryl methyl sites for hydroxylation is 1. The summed E-state index contributed by atoms with van der Waals surface area (Å²) in [6, 6.07) is 0. The lowest BCUT2D eigenvalue weighted by molar-refractivity contribution is -0.139. The van der Waals surface area contributed by atoms with Gasteiger partial charge in [0, 0.05) is 11.6 Å². The highest BCUT2D eigenvalue weighted by atomic mass is 16.4. The Morgan fingerprint density at radius 3 is 3.06 bits per heavy atom. The highest BCUT2D eigenvalue weighted by Gasteiger charge is 2.30. The zero-order chi connectivity index (χ0) is 11.7. The number of carboxylic acid groups (broad SMARTS) is 1. The van der Waals surface area contributed by atoms with Crippen LogP contribution in [-0.2, 0) is 11.2 Å². The normalized spacial score (nSPS) is 21.5. The second-order valence-corrected chi connectivity index (χ2v) is 4.58. The number of aromatic amines is 1. The van der Waals surface area contributed by atoms with Crippen molar-refractivity contribution in [2.24, 2.45) is 0 Å². The third kappa shape index (κ3) is 1.84. The highest BCUT2D eigenvalue weighted by Crippen LogP contribution is 2.31. The smallest absolute Gasteiger partial charge is 0.312 e. The van der Waals surface area contributed by atoms with Gasteiger partial charge >= 0.3 is 5.97 Å². The van der Waals surface area contributed by atoms with E-state index in [2.05, 4.69) is 23.8 Å². The zero-order valence-electron chi connectivity index (χ0n) is 9.79. The summed E-state index contributed by atoms with van der Waals surface area (Å²) in [5.41, 5.74) is 1.81. The lowest BCUT2D eigenvalue weighted by atomic mass is 9.90. The lowest BCUT2D eigenvalue weighted by Crippen LogP contribution is -2.17. The summed E-state index contributed by atoms with van der Waals surface area (Å²) in [5, 5.41) is 9.14. The van der Waals surface area contributed by atoms with Crippen molar-refractivity contribution in [2.45, 2.75) is 51.4 Å². The Morgan fingerprint density at radius 1 is 1.69 bits per heavy atom. The van der Waals surface area contributed by atoms with Crippen molar-refractivity contribution in [2.75, 3.05) is 0 Å². The molecular weight excluding hydrogens is 204 g/mol. The standard InChI is InChI=1S/C12H18N2O2/c1-3-7(2)11-13-9-6-4-5-8(12(15)16)10(9)14-11/h7-8H,3-6H2,1-2H3,(H,13,14)(H,15,16). The molecule has 0 saturated heterocycles. The van der Waals surface area contributed by atoms with Gasteiger partial charge in [-0.3, -0.25) is 4.79 Å². The Morgan fingerprint density at radius 2 is 2.44 bits per heavy atom. The molecule has 2 rings (SSSR count). The van der Waals surface area contributed by atoms with E-state index in [4.69, 9.17) is 5.11 Å². The molecule has 1 aliphatic carbocycles. The second-order valence-electron chi connectivity index (χ2n) is 4.58. The van der Waals surface area contributed by atoms with Crippen LogP contribution in [0.3, 0.4) is 0 Å². The minimum absolute atomic E-state index is 0.375. The van der Waals surface area contributed by atoms with Crippen molar-refractivity contribution in [3.05, 3.63) is 17.2 Å². The molecule has 1 heterocycles. The van der Waals surface area contributed by atoms with Gasteiger partial charge in [0.1, 0.15) is 11.7 Å². The molecule has 0 fully saturated rings. The second kappa shape index (κ2) is 4.28. The fourth-order valence-electron chi connectivity index (χ4n) is 2.21. The molecule has 1 aromatic rings. The van der Waals surface area contributed by atoms with Crippen molar-refractivity contribution in [1.82, 2.24) is 9.97 Å². The summed E-state index contributed by atoms with van der Waals surface area (Å²) in [7, 11) is 0. The van der Waals surface area contributed by atoms with Crippen LogP contribution in [0.25, 0.3) is 0 Å². The molecule has 0 amide bonds. The Labute approximate surface area is 95.1 Å². The summed E-state index contributed by atoms with van der Waals surface area (Å²) in [5.74, 6) is 0.168. The summed E-state index contributed by atoms with van der Waals surface area (Å²) >= 11 is 0. The molecule has 4 nitrogen and oxygen atoms in total. The largest absolute Gasteiger partial charge is 0.481 e. The number of carboxylic acids is 1. The molecule has 88 valence electrons. The Balaban J connectivity index is 2.34. The number of aromatic nitrogens is 2. The summed E-state index contributed by atoms with van der Waals surface area (Å²) in [4.78, 5) is 18.9. The number of H-pyrrole nitrogens is 1. The maximum absolute atomic E-state index is 11.1. The number of hydrogen-bond acceptors (Lipinski definition) is 2. The van der Waals surface area contributed by atoms with Gasteiger partial charge in [-0.2, -0.15) is 0 Å². The van der Waals surface area contributed by atoms with Crippen molar-refractivity contribution in [3.8, 4) is 0 Å². The van der Waals surface area contributed by atoms with E-state index in [0.29, 0.717) is 12.3 Å². The first-order chi connectivity index (χ1) is 7.63. The fourth-order valence-corrected chi connectivity index (χ4v) is 2.21. The van der Waals surface area contributed by atoms with Gasteiger partial charge in [-0.25, -0.2) is 4.98 Å². The average molecular weight is 222 g/mol. The van der Waals surface area contributed by atoms with Crippen LogP contribution in [0.15, 0.2) is 0 Å². The number of carbonyl (C=O) groups is 1. The average Bonchev–Trinajstić information content (AvgIpc) is 2.70. The molecule has 16 heavy (non-hydrogen) atoms. The molecule has 4 heteroatoms. The van der Waals surface area contributed by atoms with Crippen LogP contribution in [0.4, 0.5) is 0 Å². The van der Waals surface area contributed by atoms with Crippen molar-refractivity contribution in [3.63, 3.8) is 0 Å². The van der Waals surface area contributed by atoms with Gasteiger partial charge in [-0.05, 0) is 25.7 Å². The van der Waals surface area contributed by atoms with Crippen LogP contribution >= 0.6 is 0 Å². The number of imidazole rings is 1. The molecule has 0 radical (unpaired) electrons. The molecule has 0 aromatic carbocycles. The van der Waals surface area contributed by atoms with E-state index in [9.17, 15) is 4.79 Å². The Kier molecular flexibility index (Phi) is 2.99. The first-order valence-corrected chi connectivity index (χ1v) is 5.95. The van der Waals surface area contributed by atoms with E-state index >= 15 is 0 Å². The Bertz CT molecular complexity index is 398. The van der Waals surface area contributed by atoms with Gasteiger partial charge in [0.05, 0.1) is 5.69 Å². The van der Waals surface area contributed by atoms with Crippen LogP contribution in [0, 0.1) is 0 Å². The van der Waals surface area contributed by atoms with Crippen LogP contribution in [-0.4, -0.2) is 21.0 Å². The predicted molar refractivity (Wildman–Crippen MR) is 60.6 cm³/mol. The van der Waals surface area contributed by atoms with Gasteiger partial charge in [-0.15, -0.1) is 0 Å². The van der Waals surface area contributed by atoms with Gasteiger partial charge in [0.2, 0.25) is 0 Å². The number of aliphatic carboxylic acids is 1. The van der Waals surface area contributed by atoms with E-state index in [1.807, 2.05) is 0 Å². The first-order valence-electron chi connectivity index (χ1n) is 5.95. The Hall–Kier alpha value is -1.32. The SMILES string of the molecule is CCC(C)c1nc2c([nH]1)CCCC2C(=O)O. The molecule has 0 aliphatic heterocycles. The monoisotopic (exact) mass is 222 g/mol. The first kappa shape index (κ1) is 11.2. The van der Waals surface area contributed by atoms with Gasteiger partial charge in [0.15, 0.2) is 0 Å². The van der Waals surface area contributed by atoms with E-state index in [0.717, 1.165) is 36.5 Å². The van der Waals surface area contributed by atoms with E-state index in [-0.39, 0.29) is 0 Å². The van der Waals surface area contributed by atoms with Gasteiger partial charge in [-0.1, -0.05) is 13.8 Å². The molecule has 0 bridgehead atoms. The lowest BCUT2D eigenvalue weighted by Gasteiger charge is -2.16. The number of rotatable bonds is 3. The van der Waals surface area contributed by atoms with Crippen LogP contribution in [0.5, 0.6) is 0 Å². The number of fused-ring (bicyclic) bond motifs is 1. The van der Waals surface area contributed by atoms with Crippen LogP contribution < -0.4 is 0 Å². The molecule has 1 aliphatic rings. The molecule has 0 spiro atoms. The third-order valence-electron chi connectivity index (χ3n) is 3.46. The minimum atomic E-state index is -0.747. The summed E-state index contributed by atoms with van der Waals surface area (Å²) in [6.45, 7) is 4.22. The number of nitrogens with one attached hydrogen (secondary N) is 1. The maximum atomic E-state index is 11.1. The summed E-state index contributed by atoms with van der Waals surface area (Å²) < 4.78 is 0. The molecular formula is C12H18N2O2. The zero-order valence-corrected chi connectivity index (χ0v) is 9.79.